The molecule has 0 fully saturated rings. The first kappa shape index (κ1) is 19.9. The zero-order valence-corrected chi connectivity index (χ0v) is 15.8. The summed E-state index contributed by atoms with van der Waals surface area (Å²) in [5.74, 6) is -0.910. The summed E-state index contributed by atoms with van der Waals surface area (Å²) >= 11 is 5.92. The third-order valence-electron chi connectivity index (χ3n) is 3.44. The van der Waals surface area contributed by atoms with Gasteiger partial charge < -0.3 is 10.6 Å². The van der Waals surface area contributed by atoms with Crippen molar-refractivity contribution in [1.82, 2.24) is 9.62 Å². The summed E-state index contributed by atoms with van der Waals surface area (Å²) in [4.78, 5) is 24.1. The van der Waals surface area contributed by atoms with Crippen molar-refractivity contribution in [2.24, 2.45) is 0 Å². The molecule has 2 aromatic rings. The van der Waals surface area contributed by atoms with E-state index in [1.54, 1.807) is 24.3 Å². The largest absolute Gasteiger partial charge is 0.343 e. The second-order valence-electron chi connectivity index (χ2n) is 5.52. The van der Waals surface area contributed by atoms with Gasteiger partial charge >= 0.3 is 0 Å². The number of hydrogen-bond acceptors (Lipinski definition) is 4. The molecule has 0 saturated carbocycles. The average molecular weight is 396 g/mol. The van der Waals surface area contributed by atoms with E-state index in [0.717, 1.165) is 4.31 Å². The van der Waals surface area contributed by atoms with Crippen LogP contribution in [0.1, 0.15) is 10.4 Å². The molecule has 2 aromatic carbocycles. The molecular formula is C17H18ClN3O4S. The Hall–Kier alpha value is -2.42. The fourth-order valence-corrected chi connectivity index (χ4v) is 3.15. The zero-order valence-electron chi connectivity index (χ0n) is 14.2. The lowest BCUT2D eigenvalue weighted by atomic mass is 10.2. The van der Waals surface area contributed by atoms with Gasteiger partial charge in [0, 0.05) is 19.8 Å². The highest BCUT2D eigenvalue weighted by Crippen LogP contribution is 2.17. The van der Waals surface area contributed by atoms with Crippen LogP contribution >= 0.6 is 11.6 Å². The predicted octanol–water partition coefficient (Wildman–Crippen LogP) is 1.96. The number of amides is 2. The highest BCUT2D eigenvalue weighted by molar-refractivity contribution is 7.89. The summed E-state index contributed by atoms with van der Waals surface area (Å²) in [6.07, 6.45) is 0. The van der Waals surface area contributed by atoms with E-state index in [1.165, 1.54) is 38.4 Å². The topological polar surface area (TPSA) is 95.6 Å². The van der Waals surface area contributed by atoms with Gasteiger partial charge in [0.05, 0.1) is 22.0 Å². The van der Waals surface area contributed by atoms with Crippen LogP contribution in [-0.4, -0.2) is 45.2 Å². The van der Waals surface area contributed by atoms with E-state index in [-0.39, 0.29) is 17.0 Å². The standard InChI is InChI=1S/C17H18ClN3O4S/c1-21(2)26(24,25)13-9-7-12(8-10-13)20-16(22)11-19-17(23)14-5-3-4-6-15(14)18/h3-10H,11H2,1-2H3,(H,19,23)(H,20,22). The van der Waals surface area contributed by atoms with Crippen molar-refractivity contribution in [3.8, 4) is 0 Å². The first-order valence-electron chi connectivity index (χ1n) is 7.57. The SMILES string of the molecule is CN(C)S(=O)(=O)c1ccc(NC(=O)CNC(=O)c2ccccc2Cl)cc1. The number of sulfonamides is 1. The summed E-state index contributed by atoms with van der Waals surface area (Å²) in [6.45, 7) is -0.248. The van der Waals surface area contributed by atoms with Crippen molar-refractivity contribution in [3.63, 3.8) is 0 Å². The molecule has 2 N–H and O–H groups in total. The van der Waals surface area contributed by atoms with Crippen molar-refractivity contribution in [1.29, 1.82) is 0 Å². The summed E-state index contributed by atoms with van der Waals surface area (Å²) < 4.78 is 25.1. The second-order valence-corrected chi connectivity index (χ2v) is 8.08. The Morgan fingerprint density at radius 3 is 2.23 bits per heavy atom. The highest BCUT2D eigenvalue weighted by Gasteiger charge is 2.17. The lowest BCUT2D eigenvalue weighted by Crippen LogP contribution is -2.33. The number of anilines is 1. The van der Waals surface area contributed by atoms with E-state index >= 15 is 0 Å². The maximum atomic E-state index is 12.0. The average Bonchev–Trinajstić information content (AvgIpc) is 2.60. The Morgan fingerprint density at radius 2 is 1.65 bits per heavy atom. The number of rotatable bonds is 6. The number of hydrogen-bond donors (Lipinski definition) is 2. The molecule has 0 radical (unpaired) electrons. The molecule has 7 nitrogen and oxygen atoms in total. The predicted molar refractivity (Wildman–Crippen MR) is 99.7 cm³/mol. The quantitative estimate of drug-likeness (QED) is 0.781. The normalized spacial score (nSPS) is 11.2. The van der Waals surface area contributed by atoms with Gasteiger partial charge in [-0.25, -0.2) is 12.7 Å². The molecule has 2 amide bonds. The van der Waals surface area contributed by atoms with Gasteiger partial charge in [-0.2, -0.15) is 0 Å². The van der Waals surface area contributed by atoms with Crippen molar-refractivity contribution >= 4 is 39.1 Å². The Morgan fingerprint density at radius 1 is 1.04 bits per heavy atom. The third kappa shape index (κ3) is 4.81. The van der Waals surface area contributed by atoms with Crippen LogP contribution in [0.3, 0.4) is 0 Å². The molecule has 0 atom stereocenters. The van der Waals surface area contributed by atoms with Gasteiger partial charge in [-0.15, -0.1) is 0 Å². The van der Waals surface area contributed by atoms with Gasteiger partial charge in [0.2, 0.25) is 15.9 Å². The molecule has 26 heavy (non-hydrogen) atoms. The number of nitrogens with one attached hydrogen (secondary N) is 2. The molecule has 0 heterocycles. The first-order valence-corrected chi connectivity index (χ1v) is 9.39. The van der Waals surface area contributed by atoms with Gasteiger partial charge in [0.1, 0.15) is 0 Å². The van der Waals surface area contributed by atoms with Gasteiger partial charge in [0.15, 0.2) is 0 Å². The summed E-state index contributed by atoms with van der Waals surface area (Å²) in [6, 6.07) is 12.3. The maximum Gasteiger partial charge on any atom is 0.253 e. The monoisotopic (exact) mass is 395 g/mol. The lowest BCUT2D eigenvalue weighted by Gasteiger charge is -2.12. The molecule has 0 aliphatic rings. The number of nitrogens with zero attached hydrogens (tertiary/aromatic N) is 1. The Kier molecular flexibility index (Phi) is 6.36. The van der Waals surface area contributed by atoms with Crippen LogP contribution in [0.2, 0.25) is 5.02 Å². The summed E-state index contributed by atoms with van der Waals surface area (Å²) in [5.41, 5.74) is 0.694. The minimum absolute atomic E-state index is 0.118. The second kappa shape index (κ2) is 8.31. The smallest absolute Gasteiger partial charge is 0.253 e. The minimum atomic E-state index is -3.53. The summed E-state index contributed by atoms with van der Waals surface area (Å²) in [7, 11) is -0.653. The number of halogens is 1. The molecule has 0 aliphatic heterocycles. The fourth-order valence-electron chi connectivity index (χ4n) is 2.03. The van der Waals surface area contributed by atoms with Gasteiger partial charge in [-0.05, 0) is 36.4 Å². The number of carbonyl (C=O) groups is 2. The van der Waals surface area contributed by atoms with E-state index in [9.17, 15) is 18.0 Å². The number of carbonyl (C=O) groups excluding carboxylic acids is 2. The van der Waals surface area contributed by atoms with Crippen molar-refractivity contribution in [2.45, 2.75) is 4.90 Å². The van der Waals surface area contributed by atoms with Crippen LogP contribution in [0.4, 0.5) is 5.69 Å². The van der Waals surface area contributed by atoms with Crippen LogP contribution in [0.25, 0.3) is 0 Å². The van der Waals surface area contributed by atoms with E-state index in [1.807, 2.05) is 0 Å². The van der Waals surface area contributed by atoms with Gasteiger partial charge in [-0.1, -0.05) is 23.7 Å². The fraction of sp³-hybridized carbons (Fsp3) is 0.176. The maximum absolute atomic E-state index is 12.0. The van der Waals surface area contributed by atoms with Crippen LogP contribution in [-0.2, 0) is 14.8 Å². The molecule has 0 aromatic heterocycles. The number of benzene rings is 2. The first-order chi connectivity index (χ1) is 12.2. The van der Waals surface area contributed by atoms with E-state index < -0.39 is 21.8 Å². The molecule has 2 rings (SSSR count). The van der Waals surface area contributed by atoms with Crippen LogP contribution in [0.5, 0.6) is 0 Å². The van der Waals surface area contributed by atoms with Crippen molar-refractivity contribution < 1.29 is 18.0 Å². The molecule has 0 bridgehead atoms. The van der Waals surface area contributed by atoms with E-state index in [2.05, 4.69) is 10.6 Å². The summed E-state index contributed by atoms with van der Waals surface area (Å²) in [5, 5.41) is 5.34. The van der Waals surface area contributed by atoms with Crippen LogP contribution < -0.4 is 10.6 Å². The van der Waals surface area contributed by atoms with Crippen LogP contribution in [0.15, 0.2) is 53.4 Å². The van der Waals surface area contributed by atoms with Crippen molar-refractivity contribution in [3.05, 3.63) is 59.1 Å². The van der Waals surface area contributed by atoms with E-state index in [0.29, 0.717) is 10.7 Å². The highest BCUT2D eigenvalue weighted by atomic mass is 35.5. The zero-order chi connectivity index (χ0) is 19.3. The Bertz CT molecular complexity index is 912. The van der Waals surface area contributed by atoms with Crippen molar-refractivity contribution in [2.75, 3.05) is 26.0 Å². The molecule has 9 heteroatoms. The molecule has 0 aliphatic carbocycles. The van der Waals surface area contributed by atoms with Gasteiger partial charge in [0.25, 0.3) is 5.91 Å². The van der Waals surface area contributed by atoms with Gasteiger partial charge in [-0.3, -0.25) is 9.59 Å². The van der Waals surface area contributed by atoms with E-state index in [4.69, 9.17) is 11.6 Å². The third-order valence-corrected chi connectivity index (χ3v) is 5.60. The Labute approximate surface area is 157 Å². The molecule has 138 valence electrons. The Balaban J connectivity index is 1.94. The van der Waals surface area contributed by atoms with Crippen LogP contribution in [0, 0.1) is 0 Å². The minimum Gasteiger partial charge on any atom is -0.343 e. The molecule has 0 unspecified atom stereocenters. The molecular weight excluding hydrogens is 378 g/mol. The molecule has 0 saturated heterocycles. The molecule has 0 spiro atoms. The lowest BCUT2D eigenvalue weighted by molar-refractivity contribution is -0.115.